The number of aryl methyl sites for hydroxylation is 1. The van der Waals surface area contributed by atoms with Crippen molar-refractivity contribution in [1.29, 1.82) is 0 Å². The van der Waals surface area contributed by atoms with Gasteiger partial charge in [0.2, 0.25) is 5.91 Å². The normalized spacial score (nSPS) is 25.1. The highest BCUT2D eigenvalue weighted by molar-refractivity contribution is 7.92. The fourth-order valence-corrected chi connectivity index (χ4v) is 10.1. The van der Waals surface area contributed by atoms with Gasteiger partial charge in [-0.3, -0.25) is 4.79 Å². The van der Waals surface area contributed by atoms with Crippen LogP contribution in [-0.4, -0.2) is 58.1 Å². The van der Waals surface area contributed by atoms with Gasteiger partial charge in [-0.15, -0.1) is 0 Å². The first-order valence-corrected chi connectivity index (χ1v) is 17.7. The van der Waals surface area contributed by atoms with E-state index in [1.165, 1.54) is 6.92 Å². The smallest absolute Gasteiger partial charge is 0.381 e. The van der Waals surface area contributed by atoms with Gasteiger partial charge in [-0.25, -0.2) is 17.2 Å². The maximum Gasteiger partial charge on any atom is 0.534 e. The van der Waals surface area contributed by atoms with Crippen LogP contribution in [0.5, 0.6) is 0 Å². The summed E-state index contributed by atoms with van der Waals surface area (Å²) in [5.41, 5.74) is -14.1. The number of benzene rings is 2. The van der Waals surface area contributed by atoms with Crippen LogP contribution in [-0.2, 0) is 45.8 Å². The fourth-order valence-electron chi connectivity index (χ4n) is 7.19. The lowest BCUT2D eigenvalue weighted by atomic mass is 9.76. The summed E-state index contributed by atoms with van der Waals surface area (Å²) in [6.07, 6.45) is -13.9. The van der Waals surface area contributed by atoms with Crippen molar-refractivity contribution in [2.75, 3.05) is 6.54 Å². The number of rotatable bonds is 6. The average Bonchev–Trinajstić information content (AvgIpc) is 3.40. The molecule has 0 N–H and O–H groups in total. The van der Waals surface area contributed by atoms with Crippen LogP contribution < -0.4 is 0 Å². The molecule has 0 radical (unpaired) electrons. The van der Waals surface area contributed by atoms with Crippen molar-refractivity contribution in [1.82, 2.24) is 4.90 Å². The summed E-state index contributed by atoms with van der Waals surface area (Å²) in [7, 11) is -10.8. The van der Waals surface area contributed by atoms with Gasteiger partial charge in [0.05, 0.1) is 10.9 Å². The number of hydrogen-bond acceptors (Lipinski definition) is 6. The van der Waals surface area contributed by atoms with Crippen LogP contribution >= 0.6 is 0 Å². The second kappa shape index (κ2) is 12.1. The topological polar surface area (TPSA) is 97.8 Å². The molecule has 1 fully saturated rings. The standard InChI is InChI=1S/C30H26F11NO6S2/c1-16-13-20(48-50(46,47)30(39,40)41)7-8-22(16)25(43)42-12-11-26(49(44,45)21-4-2-3-19(31)15-21)23-9-6-18(14-17(23)5-10-24(26)42)27(32,28(33,34)35)29(36,37)38/h2-4,6-7,9,14-16,22,24H,5,8,10-13H2,1H3. The molecule has 2 aromatic rings. The minimum Gasteiger partial charge on any atom is -0.381 e. The van der Waals surface area contributed by atoms with Crippen LogP contribution in [0.15, 0.2) is 59.2 Å². The van der Waals surface area contributed by atoms with E-state index in [9.17, 15) is 65.5 Å². The molecule has 7 nitrogen and oxygen atoms in total. The lowest BCUT2D eigenvalue weighted by Gasteiger charge is -2.44. The summed E-state index contributed by atoms with van der Waals surface area (Å²) in [5, 5.41) is 0. The van der Waals surface area contributed by atoms with Gasteiger partial charge in [-0.05, 0) is 67.0 Å². The van der Waals surface area contributed by atoms with Crippen LogP contribution in [0.2, 0.25) is 0 Å². The van der Waals surface area contributed by atoms with Crippen molar-refractivity contribution in [3.8, 4) is 0 Å². The number of amides is 1. The Hall–Kier alpha value is -3.42. The number of nitrogens with zero attached hydrogens (tertiary/aromatic N) is 1. The maximum absolute atomic E-state index is 15.0. The zero-order chi connectivity index (χ0) is 37.5. The van der Waals surface area contributed by atoms with Gasteiger partial charge in [0.25, 0.3) is 0 Å². The molecule has 1 saturated heterocycles. The molecule has 2 aliphatic carbocycles. The molecule has 1 amide bonds. The molecule has 0 bridgehead atoms. The third kappa shape index (κ3) is 5.82. The number of carbonyl (C=O) groups excluding carboxylic acids is 1. The Kier molecular flexibility index (Phi) is 9.14. The van der Waals surface area contributed by atoms with Crippen LogP contribution in [0.3, 0.4) is 0 Å². The quantitative estimate of drug-likeness (QED) is 0.176. The maximum atomic E-state index is 15.0. The Bertz CT molecular complexity index is 1930. The third-order valence-corrected chi connectivity index (χ3v) is 13.1. The molecule has 0 aromatic heterocycles. The predicted molar refractivity (Wildman–Crippen MR) is 151 cm³/mol. The lowest BCUT2D eigenvalue weighted by Crippen LogP contribution is -2.54. The summed E-state index contributed by atoms with van der Waals surface area (Å²) in [5.74, 6) is -4.18. The van der Waals surface area contributed by atoms with E-state index in [4.69, 9.17) is 0 Å². The van der Waals surface area contributed by atoms with Crippen LogP contribution in [0.4, 0.5) is 48.3 Å². The molecule has 0 saturated carbocycles. The van der Waals surface area contributed by atoms with E-state index < -0.39 is 113 Å². The molecule has 4 atom stereocenters. The zero-order valence-electron chi connectivity index (χ0n) is 25.5. The molecule has 276 valence electrons. The SMILES string of the molecule is CC1CC(OS(=O)(=O)C(F)(F)F)=CCC1C(=O)N1CCC2(S(=O)(=O)c3cccc(F)c3)c3ccc(C(F)(C(F)(F)F)C(F)(F)F)cc3CCC12. The van der Waals surface area contributed by atoms with Crippen molar-refractivity contribution >= 4 is 25.9 Å². The summed E-state index contributed by atoms with van der Waals surface area (Å²) < 4.78 is 203. The van der Waals surface area contributed by atoms with Crippen molar-refractivity contribution in [2.45, 2.75) is 78.2 Å². The Labute approximate surface area is 278 Å². The van der Waals surface area contributed by atoms with Gasteiger partial charge < -0.3 is 9.08 Å². The third-order valence-electron chi connectivity index (χ3n) is 9.56. The minimum absolute atomic E-state index is 0.181. The van der Waals surface area contributed by atoms with Crippen LogP contribution in [0.25, 0.3) is 0 Å². The first-order chi connectivity index (χ1) is 22.8. The molecule has 1 heterocycles. The van der Waals surface area contributed by atoms with E-state index in [2.05, 4.69) is 4.18 Å². The van der Waals surface area contributed by atoms with E-state index in [-0.39, 0.29) is 36.6 Å². The van der Waals surface area contributed by atoms with E-state index >= 15 is 4.39 Å². The number of carbonyl (C=O) groups is 1. The molecular formula is C30H26F11NO6S2. The second-order valence-electron chi connectivity index (χ2n) is 12.4. The monoisotopic (exact) mass is 769 g/mol. The van der Waals surface area contributed by atoms with Gasteiger partial charge >= 0.3 is 33.6 Å². The predicted octanol–water partition coefficient (Wildman–Crippen LogP) is 7.13. The molecule has 20 heteroatoms. The first kappa shape index (κ1) is 37.8. The highest BCUT2D eigenvalue weighted by atomic mass is 32.2. The van der Waals surface area contributed by atoms with Crippen LogP contribution in [0.1, 0.15) is 49.3 Å². The molecule has 0 spiro atoms. The van der Waals surface area contributed by atoms with Crippen molar-refractivity contribution < 1.29 is 74.1 Å². The Morgan fingerprint density at radius 1 is 0.920 bits per heavy atom. The Balaban J connectivity index is 1.58. The minimum atomic E-state index is -6.45. The van der Waals surface area contributed by atoms with Crippen molar-refractivity contribution in [3.05, 3.63) is 76.8 Å². The van der Waals surface area contributed by atoms with E-state index in [1.807, 2.05) is 0 Å². The molecule has 1 aliphatic heterocycles. The second-order valence-corrected chi connectivity index (χ2v) is 16.1. The van der Waals surface area contributed by atoms with Crippen molar-refractivity contribution in [3.63, 3.8) is 0 Å². The highest BCUT2D eigenvalue weighted by Gasteiger charge is 2.74. The lowest BCUT2D eigenvalue weighted by molar-refractivity contribution is -0.348. The van der Waals surface area contributed by atoms with Gasteiger partial charge in [0.15, 0.2) is 9.84 Å². The molecule has 5 rings (SSSR count). The summed E-state index contributed by atoms with van der Waals surface area (Å²) in [6.45, 7) is 1.07. The highest BCUT2D eigenvalue weighted by Crippen LogP contribution is 2.57. The molecule has 50 heavy (non-hydrogen) atoms. The number of likely N-dealkylation sites (tertiary alicyclic amines) is 1. The van der Waals surface area contributed by atoms with Gasteiger partial charge in [-0.2, -0.15) is 47.9 Å². The van der Waals surface area contributed by atoms with Gasteiger partial charge in [0, 0.05) is 24.4 Å². The average molecular weight is 770 g/mol. The number of allylic oxidation sites excluding steroid dienone is 2. The Morgan fingerprint density at radius 2 is 1.56 bits per heavy atom. The van der Waals surface area contributed by atoms with Gasteiger partial charge in [-0.1, -0.05) is 31.2 Å². The van der Waals surface area contributed by atoms with Crippen molar-refractivity contribution in [2.24, 2.45) is 11.8 Å². The summed E-state index contributed by atoms with van der Waals surface area (Å²) >= 11 is 0. The van der Waals surface area contributed by atoms with Gasteiger partial charge in [0.1, 0.15) is 16.3 Å². The number of halogens is 11. The molecule has 2 aromatic carbocycles. The Morgan fingerprint density at radius 3 is 2.12 bits per heavy atom. The fraction of sp³-hybridized carbons (Fsp3) is 0.500. The number of sulfone groups is 1. The summed E-state index contributed by atoms with van der Waals surface area (Å²) in [6, 6.07) is 3.43. The first-order valence-electron chi connectivity index (χ1n) is 14.8. The molecular weight excluding hydrogens is 743 g/mol. The number of alkyl halides is 10. The van der Waals surface area contributed by atoms with E-state index in [0.717, 1.165) is 29.2 Å². The summed E-state index contributed by atoms with van der Waals surface area (Å²) in [4.78, 5) is 14.5. The number of fused-ring (bicyclic) bond motifs is 3. The zero-order valence-corrected chi connectivity index (χ0v) is 27.1. The van der Waals surface area contributed by atoms with Crippen LogP contribution in [0, 0.1) is 17.7 Å². The number of hydrogen-bond donors (Lipinski definition) is 0. The molecule has 4 unspecified atom stereocenters. The largest absolute Gasteiger partial charge is 0.534 e. The van der Waals surface area contributed by atoms with E-state index in [1.54, 1.807) is 0 Å². The van der Waals surface area contributed by atoms with E-state index in [0.29, 0.717) is 18.2 Å². The molecule has 3 aliphatic rings.